The standard InChI is InChI=1S/C13H11N5O3S/c14-5-7(12(21)18-13-17-1-2-22-13)10(16)6-3-8(15)11(20)9(19)4-6/h1-4,19-20H,15-16H2,(H,17,18,21)/b10-7-. The minimum Gasteiger partial charge on any atom is -0.504 e. The van der Waals surface area contributed by atoms with Crippen LogP contribution in [0.3, 0.4) is 0 Å². The third kappa shape index (κ3) is 2.92. The molecular weight excluding hydrogens is 306 g/mol. The number of benzene rings is 1. The fourth-order valence-electron chi connectivity index (χ4n) is 1.62. The maximum atomic E-state index is 12.0. The molecule has 0 unspecified atom stereocenters. The van der Waals surface area contributed by atoms with Crippen LogP contribution in [-0.2, 0) is 4.79 Å². The Morgan fingerprint density at radius 2 is 2.14 bits per heavy atom. The number of anilines is 2. The van der Waals surface area contributed by atoms with Gasteiger partial charge >= 0.3 is 0 Å². The Bertz CT molecular complexity index is 769. The predicted octanol–water partition coefficient (Wildman–Crippen LogP) is 0.969. The van der Waals surface area contributed by atoms with Crippen LogP contribution in [0.2, 0.25) is 0 Å². The van der Waals surface area contributed by atoms with E-state index >= 15 is 0 Å². The number of hydrogen-bond donors (Lipinski definition) is 5. The molecule has 0 saturated carbocycles. The SMILES string of the molecule is N#C/C(C(=O)Nc1nccs1)=C(/N)c1cc(N)c(O)c(O)c1. The molecule has 0 fully saturated rings. The van der Waals surface area contributed by atoms with Gasteiger partial charge in [-0.2, -0.15) is 5.26 Å². The van der Waals surface area contributed by atoms with E-state index in [4.69, 9.17) is 16.7 Å². The number of nitrogens with one attached hydrogen (secondary N) is 1. The molecule has 2 aromatic rings. The zero-order chi connectivity index (χ0) is 16.3. The van der Waals surface area contributed by atoms with Crippen molar-refractivity contribution in [1.82, 2.24) is 4.98 Å². The number of phenols is 2. The van der Waals surface area contributed by atoms with Gasteiger partial charge in [-0.1, -0.05) is 0 Å². The molecule has 1 aromatic carbocycles. The van der Waals surface area contributed by atoms with E-state index in [0.717, 1.165) is 6.07 Å². The average Bonchev–Trinajstić information content (AvgIpc) is 2.97. The minimum atomic E-state index is -0.735. The number of carbonyl (C=O) groups excluding carboxylic acids is 1. The van der Waals surface area contributed by atoms with Gasteiger partial charge in [0.25, 0.3) is 5.91 Å². The number of aromatic nitrogens is 1. The number of aromatic hydroxyl groups is 2. The van der Waals surface area contributed by atoms with Crippen molar-refractivity contribution in [1.29, 1.82) is 5.26 Å². The van der Waals surface area contributed by atoms with Crippen molar-refractivity contribution in [2.45, 2.75) is 0 Å². The summed E-state index contributed by atoms with van der Waals surface area (Å²) in [6.07, 6.45) is 1.50. The lowest BCUT2D eigenvalue weighted by atomic mass is 10.1. The van der Waals surface area contributed by atoms with Crippen molar-refractivity contribution < 1.29 is 15.0 Å². The third-order valence-corrected chi connectivity index (χ3v) is 3.38. The number of rotatable bonds is 3. The zero-order valence-corrected chi connectivity index (χ0v) is 11.9. The number of carbonyl (C=O) groups is 1. The number of hydrogen-bond acceptors (Lipinski definition) is 8. The largest absolute Gasteiger partial charge is 0.504 e. The summed E-state index contributed by atoms with van der Waals surface area (Å²) in [5.41, 5.74) is 10.8. The summed E-state index contributed by atoms with van der Waals surface area (Å²) < 4.78 is 0. The molecule has 9 heteroatoms. The first-order valence-electron chi connectivity index (χ1n) is 5.86. The van der Waals surface area contributed by atoms with Gasteiger partial charge in [0.2, 0.25) is 0 Å². The van der Waals surface area contributed by atoms with Crippen LogP contribution in [0.1, 0.15) is 5.56 Å². The van der Waals surface area contributed by atoms with Crippen molar-refractivity contribution in [2.75, 3.05) is 11.1 Å². The molecule has 7 N–H and O–H groups in total. The Balaban J connectivity index is 2.41. The predicted molar refractivity (Wildman–Crippen MR) is 81.6 cm³/mol. The Labute approximate surface area is 128 Å². The molecule has 0 atom stereocenters. The van der Waals surface area contributed by atoms with Crippen molar-refractivity contribution in [3.8, 4) is 17.6 Å². The fraction of sp³-hybridized carbons (Fsp3) is 0. The molecule has 0 aliphatic carbocycles. The van der Waals surface area contributed by atoms with Gasteiger partial charge in [0.05, 0.1) is 11.4 Å². The van der Waals surface area contributed by atoms with Crippen LogP contribution in [0, 0.1) is 11.3 Å². The summed E-state index contributed by atoms with van der Waals surface area (Å²) in [6.45, 7) is 0. The van der Waals surface area contributed by atoms with Crippen LogP contribution in [-0.4, -0.2) is 21.1 Å². The van der Waals surface area contributed by atoms with Crippen molar-refractivity contribution in [3.05, 3.63) is 34.8 Å². The van der Waals surface area contributed by atoms with E-state index in [1.165, 1.54) is 23.6 Å². The number of nitrogens with two attached hydrogens (primary N) is 2. The smallest absolute Gasteiger partial charge is 0.270 e. The lowest BCUT2D eigenvalue weighted by Gasteiger charge is -2.09. The molecule has 1 amide bonds. The molecule has 1 aromatic heterocycles. The third-order valence-electron chi connectivity index (χ3n) is 2.69. The second-order valence-electron chi connectivity index (χ2n) is 4.13. The first kappa shape index (κ1) is 15.1. The van der Waals surface area contributed by atoms with Crippen molar-refractivity contribution in [3.63, 3.8) is 0 Å². The van der Waals surface area contributed by atoms with Crippen molar-refractivity contribution in [2.24, 2.45) is 5.73 Å². The fourth-order valence-corrected chi connectivity index (χ4v) is 2.14. The number of phenolic OH excluding ortho intramolecular Hbond substituents is 2. The molecular formula is C13H11N5O3S. The molecule has 0 spiro atoms. The second-order valence-corrected chi connectivity index (χ2v) is 5.02. The molecule has 0 aliphatic heterocycles. The van der Waals surface area contributed by atoms with Crippen LogP contribution < -0.4 is 16.8 Å². The maximum Gasteiger partial charge on any atom is 0.270 e. The van der Waals surface area contributed by atoms with Crippen LogP contribution in [0.15, 0.2) is 29.3 Å². The van der Waals surface area contributed by atoms with Gasteiger partial charge in [0, 0.05) is 17.1 Å². The van der Waals surface area contributed by atoms with Crippen LogP contribution in [0.5, 0.6) is 11.5 Å². The summed E-state index contributed by atoms with van der Waals surface area (Å²) in [6, 6.07) is 4.06. The highest BCUT2D eigenvalue weighted by Gasteiger charge is 2.18. The Morgan fingerprint density at radius 1 is 1.41 bits per heavy atom. The van der Waals surface area contributed by atoms with Crippen LogP contribution in [0.4, 0.5) is 10.8 Å². The topological polar surface area (TPSA) is 158 Å². The number of nitrogens with zero attached hydrogens (tertiary/aromatic N) is 2. The monoisotopic (exact) mass is 317 g/mol. The Morgan fingerprint density at radius 3 is 2.68 bits per heavy atom. The van der Waals surface area contributed by atoms with E-state index in [1.54, 1.807) is 11.4 Å². The zero-order valence-electron chi connectivity index (χ0n) is 11.1. The van der Waals surface area contributed by atoms with E-state index < -0.39 is 17.4 Å². The summed E-state index contributed by atoms with van der Waals surface area (Å²) >= 11 is 1.18. The molecule has 0 bridgehead atoms. The molecule has 1 heterocycles. The summed E-state index contributed by atoms with van der Waals surface area (Å²) in [4.78, 5) is 15.9. The Kier molecular flexibility index (Phi) is 4.15. The molecule has 0 radical (unpaired) electrons. The maximum absolute atomic E-state index is 12.0. The molecule has 112 valence electrons. The number of thiazole rings is 1. The van der Waals surface area contributed by atoms with Crippen molar-refractivity contribution >= 4 is 33.8 Å². The first-order chi connectivity index (χ1) is 10.4. The summed E-state index contributed by atoms with van der Waals surface area (Å²) in [5, 5.41) is 32.5. The van der Waals surface area contributed by atoms with Gasteiger partial charge < -0.3 is 21.7 Å². The van der Waals surface area contributed by atoms with E-state index in [1.807, 2.05) is 0 Å². The number of nitrogen functional groups attached to an aromatic ring is 1. The normalized spacial score (nSPS) is 11.4. The van der Waals surface area contributed by atoms with Gasteiger partial charge in [0.1, 0.15) is 11.6 Å². The molecule has 0 saturated heterocycles. The van der Waals surface area contributed by atoms with Crippen LogP contribution in [0.25, 0.3) is 5.70 Å². The van der Waals surface area contributed by atoms with Gasteiger partial charge in [0.15, 0.2) is 16.6 Å². The average molecular weight is 317 g/mol. The lowest BCUT2D eigenvalue weighted by molar-refractivity contribution is -0.112. The van der Waals surface area contributed by atoms with Gasteiger partial charge in [-0.25, -0.2) is 4.98 Å². The highest BCUT2D eigenvalue weighted by atomic mass is 32.1. The van der Waals surface area contributed by atoms with E-state index in [-0.39, 0.29) is 22.5 Å². The lowest BCUT2D eigenvalue weighted by Crippen LogP contribution is -2.17. The van der Waals surface area contributed by atoms with Gasteiger partial charge in [-0.3, -0.25) is 10.1 Å². The summed E-state index contributed by atoms with van der Waals surface area (Å²) in [7, 11) is 0. The van der Waals surface area contributed by atoms with E-state index in [9.17, 15) is 15.0 Å². The molecule has 22 heavy (non-hydrogen) atoms. The number of amides is 1. The van der Waals surface area contributed by atoms with Gasteiger partial charge in [-0.15, -0.1) is 11.3 Å². The van der Waals surface area contributed by atoms with Gasteiger partial charge in [-0.05, 0) is 12.1 Å². The van der Waals surface area contributed by atoms with E-state index in [2.05, 4.69) is 10.3 Å². The highest BCUT2D eigenvalue weighted by molar-refractivity contribution is 7.13. The highest BCUT2D eigenvalue weighted by Crippen LogP contribution is 2.34. The first-order valence-corrected chi connectivity index (χ1v) is 6.74. The summed E-state index contributed by atoms with van der Waals surface area (Å²) in [5.74, 6) is -1.74. The molecule has 8 nitrogen and oxygen atoms in total. The number of nitriles is 1. The Hall–Kier alpha value is -3.25. The minimum absolute atomic E-state index is 0.129. The molecule has 2 rings (SSSR count). The van der Waals surface area contributed by atoms with Crippen LogP contribution >= 0.6 is 11.3 Å². The second kappa shape index (κ2) is 6.02. The molecule has 0 aliphatic rings. The van der Waals surface area contributed by atoms with E-state index in [0.29, 0.717) is 5.13 Å². The quantitative estimate of drug-likeness (QED) is 0.244.